The zero-order valence-corrected chi connectivity index (χ0v) is 11.1. The summed E-state index contributed by atoms with van der Waals surface area (Å²) in [7, 11) is 0. The molecule has 1 atom stereocenters. The van der Waals surface area contributed by atoms with Crippen LogP contribution in [0.15, 0.2) is 11.1 Å². The average Bonchev–Trinajstić information content (AvgIpc) is 2.54. The second-order valence-electron chi connectivity index (χ2n) is 3.73. The van der Waals surface area contributed by atoms with E-state index in [1.807, 2.05) is 13.8 Å². The lowest BCUT2D eigenvalue weighted by Gasteiger charge is -2.03. The van der Waals surface area contributed by atoms with Gasteiger partial charge in [0.2, 0.25) is 0 Å². The molecule has 0 amide bonds. The number of aryl methyl sites for hydroxylation is 3. The van der Waals surface area contributed by atoms with Gasteiger partial charge in [-0.15, -0.1) is 11.3 Å². The Kier molecular flexibility index (Phi) is 3.41. The molecule has 7 heteroatoms. The van der Waals surface area contributed by atoms with Crippen LogP contribution in [0.1, 0.15) is 10.4 Å². The van der Waals surface area contributed by atoms with Gasteiger partial charge in [-0.05, 0) is 19.4 Å². The van der Waals surface area contributed by atoms with Crippen molar-refractivity contribution in [3.05, 3.63) is 27.1 Å². The third-order valence-corrected chi connectivity index (χ3v) is 4.31. The summed E-state index contributed by atoms with van der Waals surface area (Å²) in [6, 6.07) is 0. The topological polar surface area (TPSA) is 72.2 Å². The van der Waals surface area contributed by atoms with Crippen molar-refractivity contribution < 1.29 is 8.76 Å². The maximum atomic E-state index is 12.1. The van der Waals surface area contributed by atoms with Gasteiger partial charge in [0, 0.05) is 11.4 Å². The van der Waals surface area contributed by atoms with E-state index in [1.54, 1.807) is 0 Å². The minimum atomic E-state index is -1.89. The molecule has 1 N–H and O–H groups in total. The second kappa shape index (κ2) is 4.67. The summed E-state index contributed by atoms with van der Waals surface area (Å²) in [4.78, 5) is 18.1. The van der Waals surface area contributed by atoms with Gasteiger partial charge in [-0.1, -0.05) is 0 Å². The first-order chi connectivity index (χ1) is 8.00. The number of aromatic nitrogens is 2. The molecule has 0 bridgehead atoms. The third kappa shape index (κ3) is 2.31. The first kappa shape index (κ1) is 12.4. The van der Waals surface area contributed by atoms with Crippen LogP contribution < -0.4 is 5.56 Å². The fourth-order valence-corrected chi connectivity index (χ4v) is 2.95. The minimum absolute atomic E-state index is 0.0370. The molecule has 0 saturated heterocycles. The van der Waals surface area contributed by atoms with Gasteiger partial charge >= 0.3 is 0 Å². The zero-order chi connectivity index (χ0) is 12.6. The predicted octanol–water partition coefficient (Wildman–Crippen LogP) is 1.30. The van der Waals surface area contributed by atoms with Gasteiger partial charge in [-0.25, -0.2) is 9.19 Å². The fraction of sp³-hybridized carbons (Fsp3) is 0.400. The molecular formula is C10H12N2O3S2. The Bertz CT molecular complexity index is 645. The highest BCUT2D eigenvalue weighted by molar-refractivity contribution is 7.79. The number of nitrogens with zero attached hydrogens (tertiary/aromatic N) is 2. The molecule has 92 valence electrons. The lowest BCUT2D eigenvalue weighted by Crippen LogP contribution is -2.23. The Hall–Kier alpha value is -1.05. The Morgan fingerprint density at radius 2 is 2.24 bits per heavy atom. The molecule has 0 aromatic carbocycles. The number of thiophene rings is 1. The largest absolute Gasteiger partial charge is 0.306 e. The van der Waals surface area contributed by atoms with Gasteiger partial charge in [-0.3, -0.25) is 9.36 Å². The summed E-state index contributed by atoms with van der Waals surface area (Å²) >= 11 is -0.401. The van der Waals surface area contributed by atoms with Crippen molar-refractivity contribution >= 4 is 32.6 Å². The van der Waals surface area contributed by atoms with Gasteiger partial charge in [0.05, 0.1) is 17.5 Å². The molecule has 0 aliphatic rings. The molecule has 2 aromatic heterocycles. The molecule has 0 saturated carbocycles. The van der Waals surface area contributed by atoms with Crippen molar-refractivity contribution in [3.8, 4) is 0 Å². The van der Waals surface area contributed by atoms with Crippen molar-refractivity contribution in [2.45, 2.75) is 20.4 Å². The van der Waals surface area contributed by atoms with Gasteiger partial charge in [0.15, 0.2) is 11.1 Å². The molecule has 0 radical (unpaired) electrons. The van der Waals surface area contributed by atoms with Crippen LogP contribution in [0.4, 0.5) is 0 Å². The van der Waals surface area contributed by atoms with Crippen LogP contribution in [-0.2, 0) is 17.6 Å². The van der Waals surface area contributed by atoms with Crippen molar-refractivity contribution in [2.75, 3.05) is 5.75 Å². The molecule has 2 rings (SSSR count). The number of rotatable bonds is 3. The number of hydrogen-bond acceptors (Lipinski definition) is 4. The van der Waals surface area contributed by atoms with E-state index in [-0.39, 0.29) is 17.9 Å². The van der Waals surface area contributed by atoms with E-state index in [0.29, 0.717) is 5.39 Å². The van der Waals surface area contributed by atoms with Crippen molar-refractivity contribution in [1.82, 2.24) is 9.55 Å². The quantitative estimate of drug-likeness (QED) is 0.855. The lowest BCUT2D eigenvalue weighted by molar-refractivity contribution is 0.556. The molecule has 0 fully saturated rings. The van der Waals surface area contributed by atoms with Gasteiger partial charge in [0.25, 0.3) is 5.56 Å². The Balaban J connectivity index is 2.53. The van der Waals surface area contributed by atoms with E-state index in [4.69, 9.17) is 4.55 Å². The monoisotopic (exact) mass is 272 g/mol. The van der Waals surface area contributed by atoms with E-state index in [9.17, 15) is 9.00 Å². The fourth-order valence-electron chi connectivity index (χ4n) is 1.61. The SMILES string of the molecule is Cc1sc2ncn(CCS(=O)O)c(=O)c2c1C. The normalized spacial score (nSPS) is 13.1. The second-order valence-corrected chi connectivity index (χ2v) is 5.99. The Labute approximate surface area is 104 Å². The molecule has 2 aromatic rings. The van der Waals surface area contributed by atoms with E-state index >= 15 is 0 Å². The highest BCUT2D eigenvalue weighted by atomic mass is 32.2. The predicted molar refractivity (Wildman–Crippen MR) is 69.0 cm³/mol. The summed E-state index contributed by atoms with van der Waals surface area (Å²) in [5.74, 6) is 0.0370. The van der Waals surface area contributed by atoms with Gasteiger partial charge < -0.3 is 4.55 Å². The van der Waals surface area contributed by atoms with Crippen molar-refractivity contribution in [2.24, 2.45) is 0 Å². The van der Waals surface area contributed by atoms with Crippen molar-refractivity contribution in [1.29, 1.82) is 0 Å². The first-order valence-corrected chi connectivity index (χ1v) is 7.12. The van der Waals surface area contributed by atoms with Crippen LogP contribution in [0, 0.1) is 13.8 Å². The van der Waals surface area contributed by atoms with E-state index in [1.165, 1.54) is 22.2 Å². The molecule has 2 heterocycles. The lowest BCUT2D eigenvalue weighted by atomic mass is 10.2. The molecular weight excluding hydrogens is 260 g/mol. The highest BCUT2D eigenvalue weighted by Crippen LogP contribution is 2.25. The zero-order valence-electron chi connectivity index (χ0n) is 9.47. The van der Waals surface area contributed by atoms with E-state index in [0.717, 1.165) is 15.3 Å². The molecule has 17 heavy (non-hydrogen) atoms. The maximum absolute atomic E-state index is 12.1. The van der Waals surface area contributed by atoms with Crippen LogP contribution in [0.25, 0.3) is 10.2 Å². The minimum Gasteiger partial charge on any atom is -0.306 e. The smallest absolute Gasteiger partial charge is 0.262 e. The molecule has 0 spiro atoms. The summed E-state index contributed by atoms with van der Waals surface area (Å²) in [6.45, 7) is 4.05. The standard InChI is InChI=1S/C10H12N2O3S2/c1-6-7(2)16-9-8(6)10(13)12(5-11-9)3-4-17(14)15/h5H,3-4H2,1-2H3,(H,14,15). The molecule has 0 aliphatic heterocycles. The number of hydrogen-bond donors (Lipinski definition) is 1. The maximum Gasteiger partial charge on any atom is 0.262 e. The summed E-state index contributed by atoms with van der Waals surface area (Å²) < 4.78 is 20.7. The van der Waals surface area contributed by atoms with Crippen molar-refractivity contribution in [3.63, 3.8) is 0 Å². The number of fused-ring (bicyclic) bond motifs is 1. The highest BCUT2D eigenvalue weighted by Gasteiger charge is 2.12. The van der Waals surface area contributed by atoms with E-state index < -0.39 is 11.1 Å². The Morgan fingerprint density at radius 3 is 2.88 bits per heavy atom. The Morgan fingerprint density at radius 1 is 1.53 bits per heavy atom. The summed E-state index contributed by atoms with van der Waals surface area (Å²) in [6.07, 6.45) is 1.44. The van der Waals surface area contributed by atoms with E-state index in [2.05, 4.69) is 4.98 Å². The average molecular weight is 272 g/mol. The van der Waals surface area contributed by atoms with Gasteiger partial charge in [-0.2, -0.15) is 0 Å². The summed E-state index contributed by atoms with van der Waals surface area (Å²) in [5.41, 5.74) is 0.810. The van der Waals surface area contributed by atoms with Crippen LogP contribution in [0.5, 0.6) is 0 Å². The molecule has 5 nitrogen and oxygen atoms in total. The van der Waals surface area contributed by atoms with Crippen LogP contribution in [0.2, 0.25) is 0 Å². The van der Waals surface area contributed by atoms with Gasteiger partial charge in [0.1, 0.15) is 4.83 Å². The molecule has 1 unspecified atom stereocenters. The summed E-state index contributed by atoms with van der Waals surface area (Å²) in [5, 5.41) is 0.624. The van der Waals surface area contributed by atoms with Crippen LogP contribution in [0.3, 0.4) is 0 Å². The van der Waals surface area contributed by atoms with Crippen LogP contribution >= 0.6 is 11.3 Å². The van der Waals surface area contributed by atoms with Crippen LogP contribution in [-0.4, -0.2) is 24.1 Å². The first-order valence-electron chi connectivity index (χ1n) is 5.03. The third-order valence-electron chi connectivity index (χ3n) is 2.66. The molecule has 0 aliphatic carbocycles.